The summed E-state index contributed by atoms with van der Waals surface area (Å²) in [5, 5.41) is 5.64. The number of carbonyl (C=O) groups excluding carboxylic acids is 2. The van der Waals surface area contributed by atoms with Gasteiger partial charge in [-0.1, -0.05) is 17.7 Å². The number of anilines is 1. The molecule has 0 spiro atoms. The Balaban J connectivity index is 1.51. The van der Waals surface area contributed by atoms with E-state index in [1.165, 1.54) is 25.9 Å². The van der Waals surface area contributed by atoms with E-state index >= 15 is 0 Å². The molecule has 3 rings (SSSR count). The van der Waals surface area contributed by atoms with E-state index in [2.05, 4.69) is 15.5 Å². The Morgan fingerprint density at radius 1 is 1.12 bits per heavy atom. The van der Waals surface area contributed by atoms with Crippen LogP contribution in [0.5, 0.6) is 0 Å². The summed E-state index contributed by atoms with van der Waals surface area (Å²) in [6.07, 6.45) is 6.67. The van der Waals surface area contributed by atoms with E-state index in [9.17, 15) is 9.59 Å². The number of piperidine rings is 1. The molecule has 1 aromatic rings. The molecular formula is C19H27ClN4O2. The molecule has 0 aliphatic carbocycles. The molecule has 2 aliphatic rings. The van der Waals surface area contributed by atoms with E-state index in [-0.39, 0.29) is 12.1 Å². The van der Waals surface area contributed by atoms with Gasteiger partial charge in [0.2, 0.25) is 0 Å². The van der Waals surface area contributed by atoms with Crippen molar-refractivity contribution >= 4 is 29.4 Å². The second-order valence-electron chi connectivity index (χ2n) is 7.08. The number of benzene rings is 1. The van der Waals surface area contributed by atoms with Gasteiger partial charge >= 0.3 is 12.1 Å². The van der Waals surface area contributed by atoms with Gasteiger partial charge in [0.05, 0.1) is 0 Å². The van der Waals surface area contributed by atoms with Gasteiger partial charge in [-0.15, -0.1) is 0 Å². The Hall–Kier alpha value is -1.79. The molecule has 1 atom stereocenters. The highest BCUT2D eigenvalue weighted by Gasteiger charge is 2.28. The number of urea groups is 2. The third kappa shape index (κ3) is 5.35. The highest BCUT2D eigenvalue weighted by molar-refractivity contribution is 6.30. The fourth-order valence-corrected chi connectivity index (χ4v) is 3.99. The number of hydrogen-bond donors (Lipinski definition) is 2. The van der Waals surface area contributed by atoms with Crippen LogP contribution in [0, 0.1) is 0 Å². The second-order valence-corrected chi connectivity index (χ2v) is 7.51. The first-order valence-electron chi connectivity index (χ1n) is 9.48. The zero-order chi connectivity index (χ0) is 18.4. The van der Waals surface area contributed by atoms with Crippen LogP contribution in [0.1, 0.15) is 38.5 Å². The van der Waals surface area contributed by atoms with Gasteiger partial charge in [0, 0.05) is 29.8 Å². The number of imide groups is 1. The number of likely N-dealkylation sites (tertiary alicyclic amines) is 2. The lowest BCUT2D eigenvalue weighted by atomic mass is 9.99. The summed E-state index contributed by atoms with van der Waals surface area (Å²) in [5.74, 6) is 0. The van der Waals surface area contributed by atoms with Crippen LogP contribution in [0.25, 0.3) is 0 Å². The zero-order valence-corrected chi connectivity index (χ0v) is 15.8. The summed E-state index contributed by atoms with van der Waals surface area (Å²) in [7, 11) is 0. The maximum absolute atomic E-state index is 12.6. The van der Waals surface area contributed by atoms with Gasteiger partial charge in [0.15, 0.2) is 0 Å². The van der Waals surface area contributed by atoms with Gasteiger partial charge in [0.25, 0.3) is 0 Å². The highest BCUT2D eigenvalue weighted by Crippen LogP contribution is 2.21. The predicted molar refractivity (Wildman–Crippen MR) is 104 cm³/mol. The monoisotopic (exact) mass is 378 g/mol. The van der Waals surface area contributed by atoms with Crippen molar-refractivity contribution in [3.05, 3.63) is 29.3 Å². The zero-order valence-electron chi connectivity index (χ0n) is 15.0. The Bertz CT molecular complexity index is 634. The fourth-order valence-electron chi connectivity index (χ4n) is 3.80. The lowest BCUT2D eigenvalue weighted by Crippen LogP contribution is -2.51. The molecule has 26 heavy (non-hydrogen) atoms. The fraction of sp³-hybridized carbons (Fsp3) is 0.579. The first-order chi connectivity index (χ1) is 12.6. The SMILES string of the molecule is O=C(NC(=O)N1CCCCC1CCN1CCCC1)Nc1cccc(Cl)c1. The van der Waals surface area contributed by atoms with Crippen molar-refractivity contribution in [2.45, 2.75) is 44.6 Å². The van der Waals surface area contributed by atoms with Gasteiger partial charge in [-0.25, -0.2) is 9.59 Å². The van der Waals surface area contributed by atoms with Gasteiger partial charge in [-0.2, -0.15) is 0 Å². The maximum atomic E-state index is 12.6. The lowest BCUT2D eigenvalue weighted by molar-refractivity contribution is 0.140. The number of hydrogen-bond acceptors (Lipinski definition) is 3. The molecule has 2 saturated heterocycles. The van der Waals surface area contributed by atoms with Gasteiger partial charge in [-0.3, -0.25) is 5.32 Å². The van der Waals surface area contributed by atoms with E-state index in [1.54, 1.807) is 24.3 Å². The quantitative estimate of drug-likeness (QED) is 0.834. The van der Waals surface area contributed by atoms with E-state index in [0.717, 1.165) is 32.2 Å². The van der Waals surface area contributed by atoms with Crippen LogP contribution in [0.3, 0.4) is 0 Å². The molecule has 2 N–H and O–H groups in total. The van der Waals surface area contributed by atoms with Crippen LogP contribution in [0.4, 0.5) is 15.3 Å². The number of halogens is 1. The summed E-state index contributed by atoms with van der Waals surface area (Å²) in [5.41, 5.74) is 0.562. The number of rotatable bonds is 4. The molecule has 0 radical (unpaired) electrons. The Morgan fingerprint density at radius 3 is 2.65 bits per heavy atom. The molecule has 2 heterocycles. The highest BCUT2D eigenvalue weighted by atomic mass is 35.5. The normalized spacial score (nSPS) is 20.8. The summed E-state index contributed by atoms with van der Waals surface area (Å²) < 4.78 is 0. The molecule has 2 aliphatic heterocycles. The maximum Gasteiger partial charge on any atom is 0.327 e. The summed E-state index contributed by atoms with van der Waals surface area (Å²) in [6, 6.07) is 6.23. The molecule has 142 valence electrons. The van der Waals surface area contributed by atoms with Crippen LogP contribution in [-0.2, 0) is 0 Å². The molecule has 1 unspecified atom stereocenters. The third-order valence-electron chi connectivity index (χ3n) is 5.17. The van der Waals surface area contributed by atoms with E-state index in [0.29, 0.717) is 17.3 Å². The van der Waals surface area contributed by atoms with Crippen molar-refractivity contribution in [3.63, 3.8) is 0 Å². The molecule has 0 saturated carbocycles. The van der Waals surface area contributed by atoms with Crippen LogP contribution >= 0.6 is 11.6 Å². The van der Waals surface area contributed by atoms with E-state index in [4.69, 9.17) is 11.6 Å². The lowest BCUT2D eigenvalue weighted by Gasteiger charge is -2.36. The first kappa shape index (κ1) is 19.0. The largest absolute Gasteiger partial charge is 0.327 e. The first-order valence-corrected chi connectivity index (χ1v) is 9.86. The smallest absolute Gasteiger partial charge is 0.321 e. The molecule has 7 heteroatoms. The average molecular weight is 379 g/mol. The summed E-state index contributed by atoms with van der Waals surface area (Å²) in [6.45, 7) is 4.08. The van der Waals surface area contributed by atoms with Crippen molar-refractivity contribution in [2.75, 3.05) is 31.5 Å². The Kier molecular flexibility index (Phi) is 6.74. The molecule has 0 aromatic heterocycles. The van der Waals surface area contributed by atoms with Crippen molar-refractivity contribution < 1.29 is 9.59 Å². The molecule has 1 aromatic carbocycles. The van der Waals surface area contributed by atoms with Crippen molar-refractivity contribution in [1.82, 2.24) is 15.1 Å². The summed E-state index contributed by atoms with van der Waals surface area (Å²) in [4.78, 5) is 29.0. The van der Waals surface area contributed by atoms with E-state index < -0.39 is 6.03 Å². The molecule has 0 bridgehead atoms. The number of nitrogens with one attached hydrogen (secondary N) is 2. The third-order valence-corrected chi connectivity index (χ3v) is 5.40. The second kappa shape index (κ2) is 9.24. The number of amides is 4. The van der Waals surface area contributed by atoms with Gasteiger partial charge in [0.1, 0.15) is 0 Å². The Labute approximate surface area is 159 Å². The Morgan fingerprint density at radius 2 is 1.88 bits per heavy atom. The molecule has 6 nitrogen and oxygen atoms in total. The average Bonchev–Trinajstić information content (AvgIpc) is 3.13. The molecular weight excluding hydrogens is 352 g/mol. The van der Waals surface area contributed by atoms with Crippen LogP contribution in [0.15, 0.2) is 24.3 Å². The van der Waals surface area contributed by atoms with Crippen molar-refractivity contribution in [3.8, 4) is 0 Å². The van der Waals surface area contributed by atoms with Crippen molar-refractivity contribution in [1.29, 1.82) is 0 Å². The number of carbonyl (C=O) groups is 2. The standard InChI is InChI=1S/C19H27ClN4O2/c20-15-6-5-7-16(14-15)21-18(25)22-19(26)24-12-2-1-8-17(24)9-13-23-10-3-4-11-23/h5-7,14,17H,1-4,8-13H2,(H2,21,22,25,26). The minimum atomic E-state index is -0.527. The van der Waals surface area contributed by atoms with Crippen molar-refractivity contribution in [2.24, 2.45) is 0 Å². The molecule has 2 fully saturated rings. The van der Waals surface area contributed by atoms with Crippen LogP contribution in [-0.4, -0.2) is 54.1 Å². The minimum Gasteiger partial charge on any atom is -0.321 e. The minimum absolute atomic E-state index is 0.211. The predicted octanol–water partition coefficient (Wildman–Crippen LogP) is 3.92. The van der Waals surface area contributed by atoms with Gasteiger partial charge in [-0.05, 0) is 69.8 Å². The van der Waals surface area contributed by atoms with Crippen LogP contribution < -0.4 is 10.6 Å². The number of nitrogens with zero attached hydrogens (tertiary/aromatic N) is 2. The van der Waals surface area contributed by atoms with Gasteiger partial charge < -0.3 is 15.1 Å². The summed E-state index contributed by atoms with van der Waals surface area (Å²) >= 11 is 5.91. The van der Waals surface area contributed by atoms with Crippen LogP contribution in [0.2, 0.25) is 5.02 Å². The van der Waals surface area contributed by atoms with E-state index in [1.807, 2.05) is 4.90 Å². The topological polar surface area (TPSA) is 64.7 Å². The molecule has 4 amide bonds.